The van der Waals surface area contributed by atoms with Crippen LogP contribution in [-0.4, -0.2) is 32.8 Å². The Morgan fingerprint density at radius 3 is 1.20 bits per heavy atom. The molecule has 4 nitrogen and oxygen atoms in total. The van der Waals surface area contributed by atoms with Crippen molar-refractivity contribution in [1.82, 2.24) is 0 Å². The molecule has 2 N–H and O–H groups in total. The van der Waals surface area contributed by atoms with E-state index in [1.165, 1.54) is 0 Å². The Morgan fingerprint density at radius 2 is 1.05 bits per heavy atom. The van der Waals surface area contributed by atoms with Crippen molar-refractivity contribution in [3.8, 4) is 0 Å². The molecule has 0 spiro atoms. The third-order valence-corrected chi connectivity index (χ3v) is 10.2. The molecule has 1 rings (SSSR count). The van der Waals surface area contributed by atoms with Crippen LogP contribution in [0.15, 0.2) is 17.9 Å². The van der Waals surface area contributed by atoms with Crippen LogP contribution in [0.3, 0.4) is 0 Å². The van der Waals surface area contributed by atoms with Gasteiger partial charge in [0, 0.05) is 28.6 Å². The number of carboxylic acids is 2. The number of hydrogen-bond donors (Lipinski definition) is 2. The van der Waals surface area contributed by atoms with Gasteiger partial charge in [-0.3, -0.25) is 9.59 Å². The molecular weight excluding hydrogens is 664 g/mol. The highest BCUT2D eigenvalue weighted by Gasteiger charge is 2.66. The Morgan fingerprint density at radius 1 is 0.800 bits per heavy atom. The minimum atomic E-state index is -1.71. The minimum absolute atomic E-state index is 0.0850. The summed E-state index contributed by atoms with van der Waals surface area (Å²) in [5.41, 5.74) is -3.42. The largest absolute Gasteiger partial charge is 0.481 e. The molecule has 0 aromatic rings. The fourth-order valence-corrected chi connectivity index (χ4v) is 8.00. The molecule has 0 amide bonds. The number of aliphatic carboxylic acids is 2. The lowest BCUT2D eigenvalue weighted by Crippen LogP contribution is -2.57. The fourth-order valence-electron chi connectivity index (χ4n) is 1.95. The highest BCUT2D eigenvalue weighted by atomic mass is 79.9. The molecule has 2 atom stereocenters. The van der Waals surface area contributed by atoms with E-state index in [9.17, 15) is 19.8 Å². The zero-order valence-corrected chi connectivity index (χ0v) is 18.9. The first kappa shape index (κ1) is 19.3. The summed E-state index contributed by atoms with van der Waals surface area (Å²) in [5.74, 6) is -2.51. The van der Waals surface area contributed by atoms with Crippen LogP contribution in [0.25, 0.3) is 0 Å². The minimum Gasteiger partial charge on any atom is -0.481 e. The van der Waals surface area contributed by atoms with E-state index in [-0.39, 0.29) is 19.6 Å². The normalized spacial score (nSPS) is 30.7. The van der Waals surface area contributed by atoms with Gasteiger partial charge in [0.05, 0.1) is 0 Å². The van der Waals surface area contributed by atoms with Crippen LogP contribution in [0.2, 0.25) is 0 Å². The summed E-state index contributed by atoms with van der Waals surface area (Å²) in [6.07, 6.45) is 0. The summed E-state index contributed by atoms with van der Waals surface area (Å²) in [6.45, 7) is 0. The average Bonchev–Trinajstić information content (AvgIpc) is 2.39. The van der Waals surface area contributed by atoms with Crippen molar-refractivity contribution in [2.45, 2.75) is 0 Å². The maximum Gasteiger partial charge on any atom is 0.317 e. The van der Waals surface area contributed by atoms with Gasteiger partial charge in [-0.1, -0.05) is 63.7 Å². The number of rotatable bonds is 4. The highest BCUT2D eigenvalue weighted by Crippen LogP contribution is 2.63. The first-order chi connectivity index (χ1) is 9.14. The van der Waals surface area contributed by atoms with E-state index < -0.39 is 22.8 Å². The van der Waals surface area contributed by atoms with Gasteiger partial charge < -0.3 is 10.2 Å². The van der Waals surface area contributed by atoms with Crippen molar-refractivity contribution >= 4 is 108 Å². The van der Waals surface area contributed by atoms with Crippen molar-refractivity contribution < 1.29 is 19.8 Å². The predicted molar refractivity (Wildman–Crippen MR) is 97.5 cm³/mol. The van der Waals surface area contributed by atoms with Crippen LogP contribution in [0.1, 0.15) is 0 Å². The molecule has 0 aromatic heterocycles. The summed E-state index contributed by atoms with van der Waals surface area (Å²) >= 11 is 19.4. The highest BCUT2D eigenvalue weighted by molar-refractivity contribution is 9.17. The quantitative estimate of drug-likeness (QED) is 0.417. The van der Waals surface area contributed by atoms with Crippen LogP contribution in [0, 0.1) is 10.8 Å². The van der Waals surface area contributed by atoms with Crippen molar-refractivity contribution in [2.75, 3.05) is 10.7 Å². The summed E-state index contributed by atoms with van der Waals surface area (Å²) in [7, 11) is 0. The third-order valence-electron chi connectivity index (χ3n) is 3.19. The van der Waals surface area contributed by atoms with Gasteiger partial charge in [0.15, 0.2) is 0 Å². The molecule has 0 radical (unpaired) electrons. The van der Waals surface area contributed by atoms with Gasteiger partial charge in [-0.25, -0.2) is 0 Å². The van der Waals surface area contributed by atoms with Gasteiger partial charge in [-0.05, 0) is 31.9 Å². The van der Waals surface area contributed by atoms with Crippen LogP contribution in [0.4, 0.5) is 0 Å². The molecule has 0 heterocycles. The molecule has 0 fully saturated rings. The molecule has 20 heavy (non-hydrogen) atoms. The topological polar surface area (TPSA) is 74.6 Å². The molecule has 0 bridgehead atoms. The number of hydrogen-bond acceptors (Lipinski definition) is 2. The van der Waals surface area contributed by atoms with Crippen LogP contribution >= 0.6 is 95.6 Å². The van der Waals surface area contributed by atoms with Gasteiger partial charge in [0.1, 0.15) is 10.8 Å². The molecule has 0 saturated heterocycles. The molecule has 112 valence electrons. The smallest absolute Gasteiger partial charge is 0.317 e. The fraction of sp³-hybridized carbons (Fsp3) is 0.400. The van der Waals surface area contributed by atoms with Gasteiger partial charge in [0.2, 0.25) is 0 Å². The van der Waals surface area contributed by atoms with Crippen LogP contribution < -0.4 is 0 Å². The Labute approximate surface area is 165 Å². The van der Waals surface area contributed by atoms with Gasteiger partial charge in [-0.15, -0.1) is 0 Å². The zero-order valence-electron chi connectivity index (χ0n) is 9.39. The molecule has 0 saturated carbocycles. The van der Waals surface area contributed by atoms with Gasteiger partial charge in [0.25, 0.3) is 0 Å². The number of allylic oxidation sites excluding steroid dienone is 2. The zero-order chi connectivity index (χ0) is 15.9. The Balaban J connectivity index is 3.95. The standard InChI is InChI=1S/C10H6Br6O4/c11-1-9(7(17)18)5(15)3(13)4(14)6(16)10(9,2-12)8(19)20/h1-2H2,(H,17,18)(H,19,20). The monoisotopic (exact) mass is 664 g/mol. The third kappa shape index (κ3) is 2.36. The first-order valence-corrected chi connectivity index (χ1v) is 10.3. The Kier molecular flexibility index (Phi) is 6.60. The van der Waals surface area contributed by atoms with Crippen molar-refractivity contribution in [3.05, 3.63) is 17.9 Å². The second kappa shape index (κ2) is 6.82. The summed E-state index contributed by atoms with van der Waals surface area (Å²) in [6, 6.07) is 0. The lowest BCUT2D eigenvalue weighted by Gasteiger charge is -2.46. The molecule has 0 aliphatic heterocycles. The second-order valence-electron chi connectivity index (χ2n) is 3.94. The first-order valence-electron chi connectivity index (χ1n) is 4.85. The van der Waals surface area contributed by atoms with E-state index >= 15 is 0 Å². The molecule has 10 heteroatoms. The number of alkyl halides is 2. The number of halogens is 6. The van der Waals surface area contributed by atoms with Crippen molar-refractivity contribution in [1.29, 1.82) is 0 Å². The molecule has 1 aliphatic carbocycles. The molecule has 0 aromatic carbocycles. The second-order valence-corrected chi connectivity index (χ2v) is 8.24. The van der Waals surface area contributed by atoms with Crippen molar-refractivity contribution in [2.24, 2.45) is 10.8 Å². The lowest BCUT2D eigenvalue weighted by atomic mass is 9.63. The number of carboxylic acid groups (broad SMARTS) is 2. The SMILES string of the molecule is O=C(O)C1(CBr)C(Br)=C(Br)C(Br)=C(Br)C1(CBr)C(=O)O. The van der Waals surface area contributed by atoms with E-state index in [1.807, 2.05) is 0 Å². The van der Waals surface area contributed by atoms with E-state index in [0.717, 1.165) is 0 Å². The summed E-state index contributed by atoms with van der Waals surface area (Å²) in [4.78, 5) is 23.9. The van der Waals surface area contributed by atoms with Crippen molar-refractivity contribution in [3.63, 3.8) is 0 Å². The van der Waals surface area contributed by atoms with Crippen LogP contribution in [0.5, 0.6) is 0 Å². The lowest BCUT2D eigenvalue weighted by molar-refractivity contribution is -0.162. The maximum atomic E-state index is 11.9. The Bertz CT molecular complexity index is 494. The maximum absolute atomic E-state index is 11.9. The van der Waals surface area contributed by atoms with E-state index in [2.05, 4.69) is 95.6 Å². The van der Waals surface area contributed by atoms with Crippen LogP contribution in [-0.2, 0) is 9.59 Å². The average molecular weight is 670 g/mol. The molecular formula is C10H6Br6O4. The Hall–Kier alpha value is 1.30. The predicted octanol–water partition coefficient (Wildman–Crippen LogP) is 4.93. The van der Waals surface area contributed by atoms with Gasteiger partial charge in [-0.2, -0.15) is 0 Å². The van der Waals surface area contributed by atoms with E-state index in [1.54, 1.807) is 0 Å². The van der Waals surface area contributed by atoms with E-state index in [4.69, 9.17) is 0 Å². The molecule has 1 aliphatic rings. The number of carbonyl (C=O) groups is 2. The van der Waals surface area contributed by atoms with Gasteiger partial charge >= 0.3 is 11.9 Å². The summed E-state index contributed by atoms with van der Waals surface area (Å²) in [5, 5.41) is 19.3. The van der Waals surface area contributed by atoms with E-state index in [0.29, 0.717) is 8.96 Å². The summed E-state index contributed by atoms with van der Waals surface area (Å²) < 4.78 is 1.38. The molecule has 2 unspecified atom stereocenters.